The molecule has 8 fully saturated rings. The quantitative estimate of drug-likeness (QED) is 0.622. The molecule has 0 atom stereocenters. The Bertz CT molecular complexity index is 539. The molecule has 0 heterocycles. The van der Waals surface area contributed by atoms with Gasteiger partial charge >= 0.3 is 0 Å². The van der Waals surface area contributed by atoms with Crippen molar-refractivity contribution in [3.05, 3.63) is 0 Å². The molecule has 0 aromatic heterocycles. The van der Waals surface area contributed by atoms with E-state index in [-0.39, 0.29) is 10.8 Å². The van der Waals surface area contributed by atoms with Crippen molar-refractivity contribution in [2.24, 2.45) is 46.3 Å². The van der Waals surface area contributed by atoms with E-state index in [1.165, 1.54) is 77.0 Å². The number of rotatable bonds is 6. The highest BCUT2D eigenvalue weighted by Gasteiger charge is 2.55. The zero-order valence-corrected chi connectivity index (χ0v) is 17.4. The van der Waals surface area contributed by atoms with Crippen molar-refractivity contribution in [2.45, 2.75) is 77.0 Å². The summed E-state index contributed by atoms with van der Waals surface area (Å²) in [7, 11) is 0. The molecule has 0 aliphatic heterocycles. The lowest BCUT2D eigenvalue weighted by Crippen LogP contribution is -2.51. The Kier molecular flexibility index (Phi) is 3.96. The zero-order valence-electron chi connectivity index (χ0n) is 16.6. The minimum absolute atomic E-state index is 0.0193. The second-order valence-corrected chi connectivity index (χ2v) is 12.7. The predicted octanol–water partition coefficient (Wildman–Crippen LogP) is 5.29. The Balaban J connectivity index is 1.07. The molecule has 0 unspecified atom stereocenters. The van der Waals surface area contributed by atoms with Crippen LogP contribution in [0.25, 0.3) is 0 Å². The van der Waals surface area contributed by atoms with Gasteiger partial charge in [0.2, 0.25) is 0 Å². The first-order valence-electron chi connectivity index (χ1n) is 11.7. The Labute approximate surface area is 168 Å². The van der Waals surface area contributed by atoms with E-state index in [1.54, 1.807) is 11.8 Å². The van der Waals surface area contributed by atoms with E-state index in [4.69, 9.17) is 0 Å². The van der Waals surface area contributed by atoms with Gasteiger partial charge in [0.15, 0.2) is 0 Å². The molecule has 3 heteroatoms. The van der Waals surface area contributed by atoms with Crippen molar-refractivity contribution in [3.63, 3.8) is 0 Å². The molecule has 0 N–H and O–H groups in total. The van der Waals surface area contributed by atoms with Gasteiger partial charge in [0.25, 0.3) is 0 Å². The third-order valence-corrected chi connectivity index (χ3v) is 10.7. The van der Waals surface area contributed by atoms with Gasteiger partial charge in [-0.2, -0.15) is 0 Å². The summed E-state index contributed by atoms with van der Waals surface area (Å²) >= 11 is 1.67. The van der Waals surface area contributed by atoms with Gasteiger partial charge in [0.1, 0.15) is 11.6 Å². The summed E-state index contributed by atoms with van der Waals surface area (Å²) < 4.78 is 0. The third-order valence-electron chi connectivity index (χ3n) is 9.73. The van der Waals surface area contributed by atoms with Gasteiger partial charge in [-0.1, -0.05) is 0 Å². The number of ketones is 2. The van der Waals surface area contributed by atoms with E-state index in [2.05, 4.69) is 0 Å². The van der Waals surface area contributed by atoms with E-state index in [9.17, 15) is 9.59 Å². The maximum Gasteiger partial charge on any atom is 0.148 e. The number of thioether (sulfide) groups is 1. The van der Waals surface area contributed by atoms with Gasteiger partial charge in [0, 0.05) is 10.8 Å². The summed E-state index contributed by atoms with van der Waals surface area (Å²) in [5.74, 6) is 7.21. The van der Waals surface area contributed by atoms with Crippen LogP contribution < -0.4 is 0 Å². The summed E-state index contributed by atoms with van der Waals surface area (Å²) in [5, 5.41) is 0. The molecule has 8 aliphatic carbocycles. The van der Waals surface area contributed by atoms with Crippen LogP contribution >= 0.6 is 11.8 Å². The number of carbonyl (C=O) groups excluding carboxylic acids is 2. The van der Waals surface area contributed by atoms with Gasteiger partial charge in [-0.25, -0.2) is 0 Å². The molecule has 0 radical (unpaired) electrons. The topological polar surface area (TPSA) is 34.1 Å². The monoisotopic (exact) mass is 386 g/mol. The first kappa shape index (κ1) is 17.5. The van der Waals surface area contributed by atoms with Crippen LogP contribution in [0.3, 0.4) is 0 Å². The van der Waals surface area contributed by atoms with Gasteiger partial charge in [-0.15, -0.1) is 11.8 Å². The Morgan fingerprint density at radius 3 is 1.07 bits per heavy atom. The summed E-state index contributed by atoms with van der Waals surface area (Å²) in [5.41, 5.74) is 0.0387. The van der Waals surface area contributed by atoms with Crippen molar-refractivity contribution >= 4 is 23.3 Å². The Hall–Kier alpha value is -0.310. The molecule has 0 amide bonds. The average molecular weight is 387 g/mol. The first-order chi connectivity index (χ1) is 13.0. The van der Waals surface area contributed by atoms with E-state index >= 15 is 0 Å². The maximum atomic E-state index is 13.2. The molecular formula is C24H34O2S. The molecule has 8 aliphatic rings. The molecule has 0 aromatic carbocycles. The molecule has 2 nitrogen and oxygen atoms in total. The van der Waals surface area contributed by atoms with E-state index in [1.807, 2.05) is 0 Å². The Morgan fingerprint density at radius 2 is 0.815 bits per heavy atom. The standard InChI is InChI=1S/C24H34O2S/c25-21(23-7-15-1-16(8-23)3-17(2-15)9-23)13-27-14-22(26)24-10-18-4-19(11-24)6-20(5-18)12-24/h15-20H,1-14H2. The van der Waals surface area contributed by atoms with Crippen LogP contribution in [0.4, 0.5) is 0 Å². The Morgan fingerprint density at radius 1 is 0.556 bits per heavy atom. The van der Waals surface area contributed by atoms with Crippen LogP contribution in [0.2, 0.25) is 0 Å². The second kappa shape index (κ2) is 6.09. The van der Waals surface area contributed by atoms with Crippen molar-refractivity contribution in [3.8, 4) is 0 Å². The van der Waals surface area contributed by atoms with E-state index in [0.717, 1.165) is 35.5 Å². The molecule has 8 rings (SSSR count). The molecule has 0 saturated heterocycles. The van der Waals surface area contributed by atoms with Crippen LogP contribution in [0.5, 0.6) is 0 Å². The van der Waals surface area contributed by atoms with Crippen molar-refractivity contribution in [1.82, 2.24) is 0 Å². The molecule has 8 saturated carbocycles. The predicted molar refractivity (Wildman–Crippen MR) is 109 cm³/mol. The third kappa shape index (κ3) is 2.81. The fourth-order valence-corrected chi connectivity index (χ4v) is 10.5. The molecule has 148 valence electrons. The second-order valence-electron chi connectivity index (χ2n) is 11.7. The number of hydrogen-bond acceptors (Lipinski definition) is 3. The molecule has 27 heavy (non-hydrogen) atoms. The minimum Gasteiger partial charge on any atom is -0.298 e. The zero-order chi connectivity index (χ0) is 18.2. The first-order valence-corrected chi connectivity index (χ1v) is 12.8. The number of Topliss-reactive ketones (excluding diaryl/α,β-unsaturated/α-hetero) is 2. The highest BCUT2D eigenvalue weighted by atomic mass is 32.2. The van der Waals surface area contributed by atoms with Crippen molar-refractivity contribution < 1.29 is 9.59 Å². The number of hydrogen-bond donors (Lipinski definition) is 0. The van der Waals surface area contributed by atoms with Crippen LogP contribution in [0, 0.1) is 46.3 Å². The normalized spacial score (nSPS) is 51.7. The minimum atomic E-state index is 0.0193. The fraction of sp³-hybridized carbons (Fsp3) is 0.917. The lowest BCUT2D eigenvalue weighted by atomic mass is 9.48. The van der Waals surface area contributed by atoms with Gasteiger partial charge in [0.05, 0.1) is 11.5 Å². The summed E-state index contributed by atoms with van der Waals surface area (Å²) in [6.07, 6.45) is 15.4. The van der Waals surface area contributed by atoms with Crippen LogP contribution in [0.1, 0.15) is 77.0 Å². The molecule has 0 aromatic rings. The van der Waals surface area contributed by atoms with Gasteiger partial charge < -0.3 is 0 Å². The van der Waals surface area contributed by atoms with Gasteiger partial charge in [-0.05, 0) is 113 Å². The summed E-state index contributed by atoms with van der Waals surface area (Å²) in [6, 6.07) is 0. The van der Waals surface area contributed by atoms with Crippen LogP contribution in [-0.2, 0) is 9.59 Å². The molecular weight excluding hydrogens is 352 g/mol. The van der Waals surface area contributed by atoms with Crippen LogP contribution in [0.15, 0.2) is 0 Å². The van der Waals surface area contributed by atoms with Crippen LogP contribution in [-0.4, -0.2) is 23.1 Å². The smallest absolute Gasteiger partial charge is 0.148 e. The average Bonchev–Trinajstić information content (AvgIpc) is 2.59. The summed E-state index contributed by atoms with van der Waals surface area (Å²) in [6.45, 7) is 0. The lowest BCUT2D eigenvalue weighted by molar-refractivity contribution is -0.141. The highest BCUT2D eigenvalue weighted by Crippen LogP contribution is 2.62. The van der Waals surface area contributed by atoms with Gasteiger partial charge in [-0.3, -0.25) is 9.59 Å². The lowest BCUT2D eigenvalue weighted by Gasteiger charge is -2.56. The van der Waals surface area contributed by atoms with E-state index in [0.29, 0.717) is 23.1 Å². The largest absolute Gasteiger partial charge is 0.298 e. The molecule has 0 spiro atoms. The summed E-state index contributed by atoms with van der Waals surface area (Å²) in [4.78, 5) is 26.4. The molecule has 8 bridgehead atoms. The van der Waals surface area contributed by atoms with Crippen molar-refractivity contribution in [1.29, 1.82) is 0 Å². The number of carbonyl (C=O) groups is 2. The fourth-order valence-electron chi connectivity index (χ4n) is 9.45. The maximum absolute atomic E-state index is 13.2. The highest BCUT2D eigenvalue weighted by molar-refractivity contribution is 8.00. The SMILES string of the molecule is O=C(CSCC(=O)C12CC3CC(CC(C3)C1)C2)C12CC3CC(CC(C3)C1)C2. The van der Waals surface area contributed by atoms with E-state index < -0.39 is 0 Å². The van der Waals surface area contributed by atoms with Crippen molar-refractivity contribution in [2.75, 3.05) is 11.5 Å².